The van der Waals surface area contributed by atoms with E-state index >= 15 is 0 Å². The third-order valence-corrected chi connectivity index (χ3v) is 10.3. The molecular weight excluding hydrogens is 587 g/mol. The number of imidazole rings is 1. The minimum absolute atomic E-state index is 0.0723. The highest BCUT2D eigenvalue weighted by atomic mass is 19.1. The minimum Gasteiger partial charge on any atom is -0.508 e. The van der Waals surface area contributed by atoms with Crippen molar-refractivity contribution in [3.63, 3.8) is 0 Å². The van der Waals surface area contributed by atoms with E-state index in [1.807, 2.05) is 4.57 Å². The summed E-state index contributed by atoms with van der Waals surface area (Å²) in [5.41, 5.74) is 2.11. The van der Waals surface area contributed by atoms with Crippen LogP contribution in [-0.2, 0) is 16.0 Å². The summed E-state index contributed by atoms with van der Waals surface area (Å²) in [4.78, 5) is 19.5. The lowest BCUT2D eigenvalue weighted by Gasteiger charge is -2.27. The zero-order valence-corrected chi connectivity index (χ0v) is 26.1. The SMILES string of the molecule is C#Cc1c(F)ccc2cc(O)cc(Cn3cnc4c(OCC5(CN6CC7COCC7C6)CC5)nc(N5CCOCCC5C)nc43)c12. The molecule has 1 saturated carbocycles. The first kappa shape index (κ1) is 29.4. The lowest BCUT2D eigenvalue weighted by Crippen LogP contribution is -2.35. The topological polar surface area (TPSA) is 98.0 Å². The van der Waals surface area contributed by atoms with Gasteiger partial charge < -0.3 is 33.7 Å². The van der Waals surface area contributed by atoms with E-state index in [4.69, 9.17) is 35.6 Å². The van der Waals surface area contributed by atoms with Crippen LogP contribution in [0.1, 0.15) is 37.3 Å². The Bertz CT molecular complexity index is 1820. The maximum absolute atomic E-state index is 14.8. The van der Waals surface area contributed by atoms with Gasteiger partial charge in [-0.25, -0.2) is 9.37 Å². The molecule has 0 spiro atoms. The normalized spacial score (nSPS) is 24.3. The maximum Gasteiger partial charge on any atom is 0.247 e. The van der Waals surface area contributed by atoms with Gasteiger partial charge in [0.1, 0.15) is 11.6 Å². The van der Waals surface area contributed by atoms with Crippen molar-refractivity contribution in [2.45, 2.75) is 38.8 Å². The lowest BCUT2D eigenvalue weighted by molar-refractivity contribution is 0.133. The van der Waals surface area contributed by atoms with Crippen molar-refractivity contribution in [1.82, 2.24) is 24.4 Å². The van der Waals surface area contributed by atoms with Crippen molar-refractivity contribution in [2.75, 3.05) is 64.1 Å². The largest absolute Gasteiger partial charge is 0.508 e. The number of nitrogens with zero attached hydrogens (tertiary/aromatic N) is 6. The molecule has 0 bridgehead atoms. The van der Waals surface area contributed by atoms with Gasteiger partial charge in [0.15, 0.2) is 11.2 Å². The number of hydrogen-bond donors (Lipinski definition) is 1. The van der Waals surface area contributed by atoms with Crippen LogP contribution in [0, 0.1) is 35.4 Å². The number of fused-ring (bicyclic) bond motifs is 3. The molecule has 240 valence electrons. The standard InChI is InChI=1S/C35H39FN6O4/c1-3-28-29(36)5-4-23-12-27(43)13-24(30(23)28)16-41-21-37-31-32(41)38-34(42-9-11-44-10-6-22(42)2)39-33(31)46-20-35(7-8-35)19-40-14-25-17-45-18-26(25)15-40/h1,4-5,12-13,21-22,25-26,43H,6-11,14-20H2,2H3. The molecule has 46 heavy (non-hydrogen) atoms. The Balaban J connectivity index is 1.14. The molecule has 11 heteroatoms. The van der Waals surface area contributed by atoms with Gasteiger partial charge >= 0.3 is 0 Å². The molecule has 3 atom stereocenters. The summed E-state index contributed by atoms with van der Waals surface area (Å²) in [5.74, 6) is 4.44. The number of aromatic nitrogens is 4. The Kier molecular flexibility index (Phi) is 7.47. The minimum atomic E-state index is -0.477. The fraction of sp³-hybridized carbons (Fsp3) is 0.514. The first-order chi connectivity index (χ1) is 22.4. The second-order valence-corrected chi connectivity index (χ2v) is 13.6. The van der Waals surface area contributed by atoms with Crippen LogP contribution in [0.15, 0.2) is 30.6 Å². The van der Waals surface area contributed by atoms with Gasteiger partial charge in [-0.15, -0.1) is 6.42 Å². The summed E-state index contributed by atoms with van der Waals surface area (Å²) in [6.07, 6.45) is 10.6. The monoisotopic (exact) mass is 626 g/mol. The lowest BCUT2D eigenvalue weighted by atomic mass is 9.98. The van der Waals surface area contributed by atoms with Gasteiger partial charge in [-0.3, -0.25) is 0 Å². The third kappa shape index (κ3) is 5.42. The number of hydrogen-bond acceptors (Lipinski definition) is 9. The summed E-state index contributed by atoms with van der Waals surface area (Å²) in [5, 5.41) is 11.8. The van der Waals surface area contributed by atoms with E-state index in [0.717, 1.165) is 52.1 Å². The van der Waals surface area contributed by atoms with E-state index in [2.05, 4.69) is 22.6 Å². The smallest absolute Gasteiger partial charge is 0.247 e. The van der Waals surface area contributed by atoms with Crippen LogP contribution >= 0.6 is 0 Å². The second kappa shape index (κ2) is 11.7. The van der Waals surface area contributed by atoms with E-state index in [-0.39, 0.29) is 29.3 Å². The van der Waals surface area contributed by atoms with E-state index in [0.29, 0.717) is 77.5 Å². The van der Waals surface area contributed by atoms with Crippen molar-refractivity contribution < 1.29 is 23.7 Å². The van der Waals surface area contributed by atoms with Gasteiger partial charge in [-0.2, -0.15) is 9.97 Å². The van der Waals surface area contributed by atoms with E-state index < -0.39 is 5.82 Å². The molecule has 2 aromatic heterocycles. The van der Waals surface area contributed by atoms with Crippen LogP contribution in [0.4, 0.5) is 10.3 Å². The van der Waals surface area contributed by atoms with Crippen molar-refractivity contribution in [3.8, 4) is 24.0 Å². The Labute approximate surface area is 267 Å². The zero-order valence-electron chi connectivity index (χ0n) is 26.1. The molecule has 4 aliphatic rings. The molecule has 0 amide bonds. The summed E-state index contributed by atoms with van der Waals surface area (Å²) < 4.78 is 34.8. The number of phenols is 1. The summed E-state index contributed by atoms with van der Waals surface area (Å²) in [7, 11) is 0. The molecule has 1 N–H and O–H groups in total. The predicted octanol–water partition coefficient (Wildman–Crippen LogP) is 4.21. The van der Waals surface area contributed by atoms with Crippen LogP contribution < -0.4 is 9.64 Å². The predicted molar refractivity (Wildman–Crippen MR) is 172 cm³/mol. The Morgan fingerprint density at radius 1 is 1.13 bits per heavy atom. The van der Waals surface area contributed by atoms with Gasteiger partial charge in [-0.05, 0) is 55.3 Å². The average Bonchev–Trinajstić information content (AvgIpc) is 3.32. The summed E-state index contributed by atoms with van der Waals surface area (Å²) >= 11 is 0. The molecule has 3 aliphatic heterocycles. The number of halogens is 1. The fourth-order valence-corrected chi connectivity index (χ4v) is 7.54. The molecule has 8 rings (SSSR count). The summed E-state index contributed by atoms with van der Waals surface area (Å²) in [6.45, 7) is 9.90. The highest BCUT2D eigenvalue weighted by Crippen LogP contribution is 2.48. The maximum atomic E-state index is 14.8. The van der Waals surface area contributed by atoms with Crippen LogP contribution in [-0.4, -0.2) is 94.8 Å². The third-order valence-electron chi connectivity index (χ3n) is 10.3. The molecule has 5 heterocycles. The molecule has 3 saturated heterocycles. The number of rotatable bonds is 8. The van der Waals surface area contributed by atoms with Crippen molar-refractivity contribution in [1.29, 1.82) is 0 Å². The van der Waals surface area contributed by atoms with Gasteiger partial charge in [0, 0.05) is 61.5 Å². The number of anilines is 1. The van der Waals surface area contributed by atoms with Crippen LogP contribution in [0.25, 0.3) is 21.9 Å². The number of aromatic hydroxyl groups is 1. The zero-order chi connectivity index (χ0) is 31.4. The number of ether oxygens (including phenoxy) is 3. The summed E-state index contributed by atoms with van der Waals surface area (Å²) in [6, 6.07) is 6.35. The molecule has 10 nitrogen and oxygen atoms in total. The molecule has 1 aliphatic carbocycles. The quantitative estimate of drug-likeness (QED) is 0.289. The molecule has 4 fully saturated rings. The number of likely N-dealkylation sites (tertiary alicyclic amines) is 1. The molecular formula is C35H39FN6O4. The van der Waals surface area contributed by atoms with E-state index in [1.54, 1.807) is 24.5 Å². The average molecular weight is 627 g/mol. The van der Waals surface area contributed by atoms with Gasteiger partial charge in [0.25, 0.3) is 0 Å². The van der Waals surface area contributed by atoms with Gasteiger partial charge in [0.2, 0.25) is 11.8 Å². The first-order valence-electron chi connectivity index (χ1n) is 16.3. The molecule has 0 radical (unpaired) electrons. The number of terminal acetylenes is 1. The van der Waals surface area contributed by atoms with Gasteiger partial charge in [0.05, 0.1) is 44.9 Å². The molecule has 4 aromatic rings. The van der Waals surface area contributed by atoms with Crippen molar-refractivity contribution in [3.05, 3.63) is 47.5 Å². The molecule has 3 unspecified atom stereocenters. The molecule has 2 aromatic carbocycles. The highest BCUT2D eigenvalue weighted by Gasteiger charge is 2.48. The highest BCUT2D eigenvalue weighted by molar-refractivity contribution is 5.92. The number of benzene rings is 2. The van der Waals surface area contributed by atoms with E-state index in [1.165, 1.54) is 6.07 Å². The van der Waals surface area contributed by atoms with Crippen molar-refractivity contribution >= 4 is 27.9 Å². The second-order valence-electron chi connectivity index (χ2n) is 13.6. The Morgan fingerprint density at radius 2 is 1.96 bits per heavy atom. The van der Waals surface area contributed by atoms with Crippen LogP contribution in [0.2, 0.25) is 0 Å². The Hall–Kier alpha value is -3.98. The van der Waals surface area contributed by atoms with Crippen molar-refractivity contribution in [2.24, 2.45) is 17.3 Å². The Morgan fingerprint density at radius 3 is 2.74 bits per heavy atom. The number of phenolic OH excluding ortho intramolecular Hbond substituents is 1. The fourth-order valence-electron chi connectivity index (χ4n) is 7.54. The van der Waals surface area contributed by atoms with Gasteiger partial charge in [-0.1, -0.05) is 12.0 Å². The van der Waals surface area contributed by atoms with Crippen LogP contribution in [0.3, 0.4) is 0 Å². The first-order valence-corrected chi connectivity index (χ1v) is 16.3. The van der Waals surface area contributed by atoms with E-state index in [9.17, 15) is 9.50 Å². The van der Waals surface area contributed by atoms with Crippen LogP contribution in [0.5, 0.6) is 11.6 Å².